The van der Waals surface area contributed by atoms with Gasteiger partial charge in [0.05, 0.1) is 0 Å². The summed E-state index contributed by atoms with van der Waals surface area (Å²) in [4.78, 5) is 34.5. The van der Waals surface area contributed by atoms with Gasteiger partial charge in [-0.05, 0) is 22.3 Å². The van der Waals surface area contributed by atoms with Gasteiger partial charge >= 0.3 is 18.2 Å². The van der Waals surface area contributed by atoms with Crippen molar-refractivity contribution in [1.82, 2.24) is 5.32 Å². The maximum absolute atomic E-state index is 11.7. The number of benzene rings is 2. The van der Waals surface area contributed by atoms with E-state index in [0.29, 0.717) is 5.75 Å². The van der Waals surface area contributed by atoms with Gasteiger partial charge in [-0.2, -0.15) is 11.8 Å². The molecule has 1 aliphatic rings. The normalized spacial score (nSPS) is 12.9. The Morgan fingerprint density at radius 3 is 2.27 bits per heavy atom. The zero-order valence-corrected chi connectivity index (χ0v) is 16.9. The molecule has 156 valence electrons. The third-order valence-electron chi connectivity index (χ3n) is 4.62. The third-order valence-corrected chi connectivity index (χ3v) is 5.75. The molecule has 0 radical (unpaired) electrons. The molecular formula is C22H21NO6S. The average molecular weight is 427 g/mol. The number of thioether (sulfide) groups is 1. The second-order valence-corrected chi connectivity index (χ2v) is 7.61. The number of fused-ring (bicyclic) bond motifs is 3. The fraction of sp³-hybridized carbons (Fsp3) is 0.227. The predicted molar refractivity (Wildman–Crippen MR) is 114 cm³/mol. The Balaban J connectivity index is 1.59. The Hall–Kier alpha value is -3.26. The number of carboxylic acid groups (broad SMARTS) is 1. The lowest BCUT2D eigenvalue weighted by Crippen LogP contribution is -2.43. The van der Waals surface area contributed by atoms with Crippen LogP contribution in [0.5, 0.6) is 0 Å². The van der Waals surface area contributed by atoms with Crippen LogP contribution in [0, 0.1) is 0 Å². The molecule has 1 aliphatic carbocycles. The van der Waals surface area contributed by atoms with Crippen molar-refractivity contribution in [1.29, 1.82) is 0 Å². The van der Waals surface area contributed by atoms with Gasteiger partial charge in [-0.3, -0.25) is 0 Å². The maximum Gasteiger partial charge on any atom is 0.517 e. The number of hydrogen-bond acceptors (Lipinski definition) is 6. The first-order valence-electron chi connectivity index (χ1n) is 9.26. The molecule has 2 aromatic rings. The first-order valence-corrected chi connectivity index (χ1v) is 10.4. The monoisotopic (exact) mass is 427 g/mol. The molecule has 3 rings (SSSR count). The van der Waals surface area contributed by atoms with Gasteiger partial charge in [-0.1, -0.05) is 61.2 Å². The average Bonchev–Trinajstić information content (AvgIpc) is 3.05. The molecule has 0 bridgehead atoms. The molecule has 2 aromatic carbocycles. The van der Waals surface area contributed by atoms with Gasteiger partial charge in [0, 0.05) is 17.4 Å². The molecule has 0 spiro atoms. The number of carbonyl (C=O) groups is 3. The van der Waals surface area contributed by atoms with E-state index < -0.39 is 24.3 Å². The summed E-state index contributed by atoms with van der Waals surface area (Å²) in [5.41, 5.74) is 4.78. The number of hydrogen-bond donors (Lipinski definition) is 2. The number of ether oxygens (including phenoxy) is 2. The lowest BCUT2D eigenvalue weighted by atomic mass is 9.99. The molecule has 1 amide bonds. The lowest BCUT2D eigenvalue weighted by Gasteiger charge is -2.16. The van der Waals surface area contributed by atoms with Gasteiger partial charge < -0.3 is 19.9 Å². The summed E-state index contributed by atoms with van der Waals surface area (Å²) in [6.07, 6.45) is -1.08. The highest BCUT2D eigenvalue weighted by Crippen LogP contribution is 2.45. The quantitative estimate of drug-likeness (QED) is 0.372. The summed E-state index contributed by atoms with van der Waals surface area (Å²) >= 11 is 1.41. The minimum Gasteiger partial charge on any atom is -0.480 e. The third kappa shape index (κ3) is 5.01. The molecule has 2 N–H and O–H groups in total. The molecular weight excluding hydrogens is 406 g/mol. The minimum atomic E-state index is -1.22. The molecule has 1 atom stereocenters. The topological polar surface area (TPSA) is 102 Å². The van der Waals surface area contributed by atoms with Crippen molar-refractivity contribution in [3.63, 3.8) is 0 Å². The first-order chi connectivity index (χ1) is 14.5. The van der Waals surface area contributed by atoms with Crippen LogP contribution in [0.2, 0.25) is 0 Å². The van der Waals surface area contributed by atoms with E-state index in [0.717, 1.165) is 0 Å². The van der Waals surface area contributed by atoms with E-state index in [4.69, 9.17) is 0 Å². The van der Waals surface area contributed by atoms with Crippen molar-refractivity contribution in [3.05, 3.63) is 72.3 Å². The smallest absolute Gasteiger partial charge is 0.480 e. The predicted octanol–water partition coefficient (Wildman–Crippen LogP) is 4.03. The van der Waals surface area contributed by atoms with Crippen LogP contribution in [-0.2, 0) is 14.3 Å². The zero-order valence-electron chi connectivity index (χ0n) is 16.1. The first kappa shape index (κ1) is 21.4. The van der Waals surface area contributed by atoms with Crippen LogP contribution < -0.4 is 5.32 Å². The van der Waals surface area contributed by atoms with Gasteiger partial charge in [-0.15, -0.1) is 0 Å². The van der Waals surface area contributed by atoms with E-state index >= 15 is 0 Å². The van der Waals surface area contributed by atoms with Crippen LogP contribution in [0.15, 0.2) is 61.2 Å². The highest BCUT2D eigenvalue weighted by molar-refractivity contribution is 7.99. The highest BCUT2D eigenvalue weighted by atomic mass is 32.2. The second kappa shape index (κ2) is 9.98. The largest absolute Gasteiger partial charge is 0.517 e. The van der Waals surface area contributed by atoms with Crippen molar-refractivity contribution in [2.24, 2.45) is 0 Å². The number of carboxylic acids is 1. The van der Waals surface area contributed by atoms with E-state index in [1.165, 1.54) is 40.1 Å². The number of carbonyl (C=O) groups excluding carboxylic acids is 2. The molecule has 7 nitrogen and oxygen atoms in total. The molecule has 8 heteroatoms. The van der Waals surface area contributed by atoms with Crippen LogP contribution in [0.3, 0.4) is 0 Å². The van der Waals surface area contributed by atoms with Crippen molar-refractivity contribution in [3.8, 4) is 11.1 Å². The van der Waals surface area contributed by atoms with Crippen molar-refractivity contribution in [2.75, 3.05) is 18.1 Å². The van der Waals surface area contributed by atoms with E-state index in [2.05, 4.69) is 45.6 Å². The highest BCUT2D eigenvalue weighted by Gasteiger charge is 2.29. The maximum atomic E-state index is 11.7. The molecule has 0 saturated heterocycles. The van der Waals surface area contributed by atoms with Gasteiger partial charge in [0.2, 0.25) is 0 Å². The molecule has 0 heterocycles. The summed E-state index contributed by atoms with van der Waals surface area (Å²) in [7, 11) is 0. The van der Waals surface area contributed by atoms with E-state index in [-0.39, 0.29) is 18.3 Å². The summed E-state index contributed by atoms with van der Waals surface area (Å²) < 4.78 is 8.90. The Labute approximate surface area is 178 Å². The lowest BCUT2D eigenvalue weighted by molar-refractivity contribution is -0.138. The van der Waals surface area contributed by atoms with E-state index in [1.54, 1.807) is 0 Å². The van der Waals surface area contributed by atoms with Crippen molar-refractivity contribution < 1.29 is 29.0 Å². The zero-order chi connectivity index (χ0) is 21.5. The Kier molecular flexibility index (Phi) is 7.13. The number of rotatable bonds is 8. The van der Waals surface area contributed by atoms with Gasteiger partial charge in [0.25, 0.3) is 0 Å². The standard InChI is InChI=1S/C22H21NO6S/c1-2-11-28-22(27)29-21(26)23-19(20(24)25)13-30-12-18-16-9-5-3-7-14(16)15-8-4-6-10-17(15)18/h2-10,18-19H,1,11-13H2,(H,23,26)(H,24,25)/t19-/m1/s1. The molecule has 0 unspecified atom stereocenters. The molecule has 30 heavy (non-hydrogen) atoms. The molecule has 0 saturated carbocycles. The number of nitrogens with one attached hydrogen (secondary N) is 1. The summed E-state index contributed by atoms with van der Waals surface area (Å²) in [5.74, 6) is -0.313. The number of amides is 1. The van der Waals surface area contributed by atoms with E-state index in [1.807, 2.05) is 24.3 Å². The van der Waals surface area contributed by atoms with Crippen molar-refractivity contribution >= 4 is 30.0 Å². The molecule has 0 aliphatic heterocycles. The van der Waals surface area contributed by atoms with Crippen LogP contribution in [-0.4, -0.2) is 47.5 Å². The fourth-order valence-electron chi connectivity index (χ4n) is 3.32. The SMILES string of the molecule is C=CCOC(=O)OC(=O)N[C@H](CSCC1c2ccccc2-c2ccccc21)C(=O)O. The summed E-state index contributed by atoms with van der Waals surface area (Å²) in [6, 6.07) is 15.1. The molecule has 0 fully saturated rings. The summed E-state index contributed by atoms with van der Waals surface area (Å²) in [5, 5.41) is 11.6. The number of alkyl carbamates (subject to hydrolysis) is 1. The van der Waals surface area contributed by atoms with Crippen molar-refractivity contribution in [2.45, 2.75) is 12.0 Å². The molecule has 0 aromatic heterocycles. The van der Waals surface area contributed by atoms with Crippen LogP contribution in [0.4, 0.5) is 9.59 Å². The minimum absolute atomic E-state index is 0.116. The van der Waals surface area contributed by atoms with E-state index in [9.17, 15) is 19.5 Å². The van der Waals surface area contributed by atoms with Crippen LogP contribution in [0.25, 0.3) is 11.1 Å². The van der Waals surface area contributed by atoms with Gasteiger partial charge in [0.1, 0.15) is 12.6 Å². The fourth-order valence-corrected chi connectivity index (χ4v) is 4.51. The van der Waals surface area contributed by atoms with Gasteiger partial charge in [-0.25, -0.2) is 14.4 Å². The Bertz CT molecular complexity index is 915. The second-order valence-electron chi connectivity index (χ2n) is 6.54. The van der Waals surface area contributed by atoms with Crippen LogP contribution in [0.1, 0.15) is 17.0 Å². The van der Waals surface area contributed by atoms with Gasteiger partial charge in [0.15, 0.2) is 0 Å². The Morgan fingerprint density at radius 2 is 1.70 bits per heavy atom. The summed E-state index contributed by atoms with van der Waals surface area (Å²) in [6.45, 7) is 3.25. The van der Waals surface area contributed by atoms with Crippen LogP contribution >= 0.6 is 11.8 Å². The number of aliphatic carboxylic acids is 1. The Morgan fingerprint density at radius 1 is 1.10 bits per heavy atom.